The van der Waals surface area contributed by atoms with E-state index in [0.717, 1.165) is 16.8 Å². The Morgan fingerprint density at radius 1 is 1.13 bits per heavy atom. The molecule has 0 aliphatic rings. The predicted octanol–water partition coefficient (Wildman–Crippen LogP) is 2.31. The fourth-order valence-corrected chi connectivity index (χ4v) is 2.34. The number of hydrogen-bond acceptors (Lipinski definition) is 3. The van der Waals surface area contributed by atoms with E-state index in [1.54, 1.807) is 18.3 Å². The maximum absolute atomic E-state index is 11.9. The van der Waals surface area contributed by atoms with Crippen LogP contribution >= 0.6 is 0 Å². The van der Waals surface area contributed by atoms with Gasteiger partial charge in [-0.15, -0.1) is 0 Å². The van der Waals surface area contributed by atoms with Crippen molar-refractivity contribution in [1.82, 2.24) is 9.99 Å². The lowest BCUT2D eigenvalue weighted by Crippen LogP contribution is -2.29. The van der Waals surface area contributed by atoms with Gasteiger partial charge in [0.05, 0.1) is 5.71 Å². The smallest absolute Gasteiger partial charge is 0.260 e. The third-order valence-corrected chi connectivity index (χ3v) is 3.79. The monoisotopic (exact) mass is 311 g/mol. The van der Waals surface area contributed by atoms with Crippen molar-refractivity contribution in [1.29, 1.82) is 0 Å². The summed E-state index contributed by atoms with van der Waals surface area (Å²) < 4.78 is 1.33. The summed E-state index contributed by atoms with van der Waals surface area (Å²) in [6.45, 7) is 7.94. The molecule has 120 valence electrons. The molecule has 1 aromatic heterocycles. The molecule has 2 aromatic rings. The summed E-state index contributed by atoms with van der Waals surface area (Å²) >= 11 is 0. The number of pyridine rings is 1. The van der Waals surface area contributed by atoms with Gasteiger partial charge in [0.15, 0.2) is 0 Å². The summed E-state index contributed by atoms with van der Waals surface area (Å²) in [4.78, 5) is 23.5. The van der Waals surface area contributed by atoms with Crippen molar-refractivity contribution in [2.24, 2.45) is 5.10 Å². The van der Waals surface area contributed by atoms with E-state index in [1.165, 1.54) is 21.8 Å². The van der Waals surface area contributed by atoms with Crippen LogP contribution < -0.4 is 11.0 Å². The van der Waals surface area contributed by atoms with Gasteiger partial charge in [0.2, 0.25) is 0 Å². The molecule has 5 nitrogen and oxygen atoms in total. The standard InChI is InChI=1S/C18H21N3O2/c1-12-9-14(3)16(10-13(12)2)15(4)19-20-17(22)11-21-8-6-5-7-18(21)23/h5-10H,11H2,1-4H3,(H,20,22)/b19-15-. The lowest BCUT2D eigenvalue weighted by atomic mass is 9.98. The molecule has 2 rings (SSSR count). The highest BCUT2D eigenvalue weighted by Crippen LogP contribution is 2.16. The molecule has 0 radical (unpaired) electrons. The van der Waals surface area contributed by atoms with Crippen molar-refractivity contribution < 1.29 is 4.79 Å². The highest BCUT2D eigenvalue weighted by molar-refractivity contribution is 6.00. The minimum Gasteiger partial charge on any atom is -0.306 e. The summed E-state index contributed by atoms with van der Waals surface area (Å²) in [6, 6.07) is 8.94. The van der Waals surface area contributed by atoms with Crippen molar-refractivity contribution in [3.8, 4) is 0 Å². The first-order chi connectivity index (χ1) is 10.9. The number of aromatic nitrogens is 1. The number of hydrazone groups is 1. The van der Waals surface area contributed by atoms with Gasteiger partial charge in [-0.2, -0.15) is 5.10 Å². The third-order valence-electron chi connectivity index (χ3n) is 3.79. The van der Waals surface area contributed by atoms with E-state index in [4.69, 9.17) is 0 Å². The van der Waals surface area contributed by atoms with Crippen LogP contribution in [0.2, 0.25) is 0 Å². The highest BCUT2D eigenvalue weighted by Gasteiger charge is 2.07. The molecular weight excluding hydrogens is 290 g/mol. The van der Waals surface area contributed by atoms with Crippen LogP contribution in [0, 0.1) is 20.8 Å². The molecule has 1 amide bonds. The van der Waals surface area contributed by atoms with E-state index < -0.39 is 0 Å². The number of amides is 1. The van der Waals surface area contributed by atoms with Crippen molar-refractivity contribution >= 4 is 11.6 Å². The summed E-state index contributed by atoms with van der Waals surface area (Å²) in [5.74, 6) is -0.334. The quantitative estimate of drug-likeness (QED) is 0.695. The number of nitrogens with zero attached hydrogens (tertiary/aromatic N) is 2. The molecule has 0 spiro atoms. The SMILES string of the molecule is C/C(=N/NC(=O)Cn1ccccc1=O)c1cc(C)c(C)cc1C. The molecule has 1 heterocycles. The van der Waals surface area contributed by atoms with Gasteiger partial charge in [0, 0.05) is 17.8 Å². The zero-order chi connectivity index (χ0) is 17.0. The summed E-state index contributed by atoms with van der Waals surface area (Å²) in [5, 5.41) is 4.15. The molecule has 0 bridgehead atoms. The Morgan fingerprint density at radius 3 is 2.52 bits per heavy atom. The fourth-order valence-electron chi connectivity index (χ4n) is 2.34. The predicted molar refractivity (Wildman–Crippen MR) is 91.7 cm³/mol. The number of aryl methyl sites for hydroxylation is 3. The Kier molecular flexibility index (Phi) is 5.11. The van der Waals surface area contributed by atoms with Crippen molar-refractivity contribution in [2.45, 2.75) is 34.2 Å². The Hall–Kier alpha value is -2.69. The molecular formula is C18H21N3O2. The third kappa shape index (κ3) is 4.16. The first-order valence-electron chi connectivity index (χ1n) is 7.45. The zero-order valence-corrected chi connectivity index (χ0v) is 13.9. The Bertz CT molecular complexity index is 819. The molecule has 0 aliphatic carbocycles. The second-order valence-corrected chi connectivity index (χ2v) is 5.65. The minimum absolute atomic E-state index is 0.0532. The minimum atomic E-state index is -0.334. The second kappa shape index (κ2) is 7.05. The summed E-state index contributed by atoms with van der Waals surface area (Å²) in [5.41, 5.74) is 7.56. The number of rotatable bonds is 4. The Morgan fingerprint density at radius 2 is 1.83 bits per heavy atom. The number of carbonyl (C=O) groups is 1. The lowest BCUT2D eigenvalue weighted by Gasteiger charge is -2.10. The van der Waals surface area contributed by atoms with E-state index in [2.05, 4.69) is 29.6 Å². The van der Waals surface area contributed by atoms with Crippen LogP contribution in [-0.4, -0.2) is 16.2 Å². The summed E-state index contributed by atoms with van der Waals surface area (Å²) in [6.07, 6.45) is 1.58. The average Bonchev–Trinajstić information content (AvgIpc) is 2.51. The Labute approximate surface area is 135 Å². The van der Waals surface area contributed by atoms with Crippen LogP contribution in [0.5, 0.6) is 0 Å². The van der Waals surface area contributed by atoms with Crippen LogP contribution in [-0.2, 0) is 11.3 Å². The maximum atomic E-state index is 11.9. The van der Waals surface area contributed by atoms with Crippen molar-refractivity contribution in [2.75, 3.05) is 0 Å². The van der Waals surface area contributed by atoms with Gasteiger partial charge in [-0.05, 0) is 56.5 Å². The summed E-state index contributed by atoms with van der Waals surface area (Å²) in [7, 11) is 0. The molecule has 0 saturated heterocycles. The molecule has 1 aromatic carbocycles. The van der Waals surface area contributed by atoms with Crippen molar-refractivity contribution in [3.63, 3.8) is 0 Å². The molecule has 23 heavy (non-hydrogen) atoms. The molecule has 5 heteroatoms. The molecule has 0 atom stereocenters. The van der Waals surface area contributed by atoms with E-state index in [0.29, 0.717) is 0 Å². The normalized spacial score (nSPS) is 11.4. The van der Waals surface area contributed by atoms with Crippen LogP contribution in [0.25, 0.3) is 0 Å². The van der Waals surface area contributed by atoms with Gasteiger partial charge >= 0.3 is 0 Å². The fraction of sp³-hybridized carbons (Fsp3) is 0.278. The highest BCUT2D eigenvalue weighted by atomic mass is 16.2. The lowest BCUT2D eigenvalue weighted by molar-refractivity contribution is -0.121. The van der Waals surface area contributed by atoms with E-state index >= 15 is 0 Å². The van der Waals surface area contributed by atoms with Crippen LogP contribution in [0.1, 0.15) is 29.2 Å². The number of carbonyl (C=O) groups excluding carboxylic acids is 1. The van der Waals surface area contributed by atoms with Gasteiger partial charge in [0.1, 0.15) is 6.54 Å². The molecule has 0 unspecified atom stereocenters. The zero-order valence-electron chi connectivity index (χ0n) is 13.9. The van der Waals surface area contributed by atoms with Gasteiger partial charge in [-0.3, -0.25) is 9.59 Å². The Balaban J connectivity index is 2.11. The number of benzene rings is 1. The van der Waals surface area contributed by atoms with Gasteiger partial charge < -0.3 is 4.57 Å². The molecule has 1 N–H and O–H groups in total. The van der Waals surface area contributed by atoms with Crippen LogP contribution in [0.15, 0.2) is 46.4 Å². The van der Waals surface area contributed by atoms with E-state index in [-0.39, 0.29) is 18.0 Å². The maximum Gasteiger partial charge on any atom is 0.260 e. The average molecular weight is 311 g/mol. The topological polar surface area (TPSA) is 63.5 Å². The van der Waals surface area contributed by atoms with Gasteiger partial charge in [-0.1, -0.05) is 12.1 Å². The second-order valence-electron chi connectivity index (χ2n) is 5.65. The first kappa shape index (κ1) is 16.7. The van der Waals surface area contributed by atoms with E-state index in [1.807, 2.05) is 20.8 Å². The largest absolute Gasteiger partial charge is 0.306 e. The van der Waals surface area contributed by atoms with Crippen LogP contribution in [0.4, 0.5) is 0 Å². The van der Waals surface area contributed by atoms with Gasteiger partial charge in [0.25, 0.3) is 11.5 Å². The first-order valence-corrected chi connectivity index (χ1v) is 7.45. The molecule has 0 fully saturated rings. The number of nitrogens with one attached hydrogen (secondary N) is 1. The molecule has 0 saturated carbocycles. The number of hydrogen-bond donors (Lipinski definition) is 1. The van der Waals surface area contributed by atoms with Gasteiger partial charge in [-0.25, -0.2) is 5.43 Å². The van der Waals surface area contributed by atoms with Crippen LogP contribution in [0.3, 0.4) is 0 Å². The van der Waals surface area contributed by atoms with E-state index in [9.17, 15) is 9.59 Å². The molecule has 0 aliphatic heterocycles. The van der Waals surface area contributed by atoms with Crippen molar-refractivity contribution in [3.05, 3.63) is 69.1 Å².